The van der Waals surface area contributed by atoms with Crippen molar-refractivity contribution in [1.29, 1.82) is 0 Å². The number of benzene rings is 4. The minimum atomic E-state index is -0.557. The average Bonchev–Trinajstić information content (AvgIpc) is 2.97. The largest absolute Gasteiger partial charge is 0.325 e. The normalized spacial score (nSPS) is 11.9. The standard InChI is InChI=1S/C33H29Cl2N3O3S/c1-20-15-16-28(21(2)17-20)37-31(39)22(3)42-26-13-8-12-25(19-26)36-33(41)29(18-24-11-7-14-27(34)30(24)35)38-32(40)23-9-5-4-6-10-23/h4-19,22H,1-3H3,(H,36,41)(H,37,39)(H,38,40)/b29-18+. The molecule has 1 unspecified atom stereocenters. The van der Waals surface area contributed by atoms with E-state index >= 15 is 0 Å². The van der Waals surface area contributed by atoms with Gasteiger partial charge in [-0.3, -0.25) is 14.4 Å². The quantitative estimate of drug-likeness (QED) is 0.131. The third kappa shape index (κ3) is 8.26. The second kappa shape index (κ2) is 14.2. The van der Waals surface area contributed by atoms with Gasteiger partial charge in [0.2, 0.25) is 5.91 Å². The van der Waals surface area contributed by atoms with Crippen molar-refractivity contribution < 1.29 is 14.4 Å². The lowest BCUT2D eigenvalue weighted by atomic mass is 10.1. The molecule has 0 saturated heterocycles. The molecular weight excluding hydrogens is 589 g/mol. The van der Waals surface area contributed by atoms with Gasteiger partial charge in [-0.15, -0.1) is 11.8 Å². The van der Waals surface area contributed by atoms with Gasteiger partial charge in [-0.2, -0.15) is 0 Å². The van der Waals surface area contributed by atoms with E-state index in [4.69, 9.17) is 23.2 Å². The smallest absolute Gasteiger partial charge is 0.272 e. The molecule has 3 amide bonds. The molecule has 0 bridgehead atoms. The Kier molecular flexibility index (Phi) is 10.5. The van der Waals surface area contributed by atoms with Crippen molar-refractivity contribution in [2.24, 2.45) is 0 Å². The van der Waals surface area contributed by atoms with Gasteiger partial charge in [0, 0.05) is 21.8 Å². The number of thioether (sulfide) groups is 1. The fourth-order valence-electron chi connectivity index (χ4n) is 4.02. The first-order chi connectivity index (χ1) is 20.1. The van der Waals surface area contributed by atoms with Gasteiger partial charge in [-0.1, -0.05) is 77.3 Å². The molecule has 214 valence electrons. The van der Waals surface area contributed by atoms with Crippen LogP contribution in [0.25, 0.3) is 6.08 Å². The zero-order valence-corrected chi connectivity index (χ0v) is 25.5. The number of amides is 3. The van der Waals surface area contributed by atoms with Gasteiger partial charge in [0.1, 0.15) is 5.70 Å². The van der Waals surface area contributed by atoms with Crippen molar-refractivity contribution in [3.05, 3.63) is 129 Å². The molecule has 0 radical (unpaired) electrons. The van der Waals surface area contributed by atoms with E-state index in [9.17, 15) is 14.4 Å². The van der Waals surface area contributed by atoms with E-state index in [1.807, 2.05) is 45.0 Å². The maximum absolute atomic E-state index is 13.4. The van der Waals surface area contributed by atoms with Gasteiger partial charge >= 0.3 is 0 Å². The van der Waals surface area contributed by atoms with Crippen LogP contribution in [-0.4, -0.2) is 23.0 Å². The molecule has 0 aromatic heterocycles. The summed E-state index contributed by atoms with van der Waals surface area (Å²) in [4.78, 5) is 40.0. The third-order valence-electron chi connectivity index (χ3n) is 6.22. The second-order valence-electron chi connectivity index (χ2n) is 9.57. The predicted molar refractivity (Wildman–Crippen MR) is 173 cm³/mol. The topological polar surface area (TPSA) is 87.3 Å². The number of nitrogens with one attached hydrogen (secondary N) is 3. The van der Waals surface area contributed by atoms with Crippen molar-refractivity contribution in [3.63, 3.8) is 0 Å². The Morgan fingerprint density at radius 2 is 1.57 bits per heavy atom. The zero-order valence-electron chi connectivity index (χ0n) is 23.2. The van der Waals surface area contributed by atoms with E-state index in [1.165, 1.54) is 17.8 Å². The second-order valence-corrected chi connectivity index (χ2v) is 11.8. The molecule has 4 aromatic rings. The van der Waals surface area contributed by atoms with Crippen LogP contribution in [0, 0.1) is 13.8 Å². The van der Waals surface area contributed by atoms with E-state index in [2.05, 4.69) is 16.0 Å². The van der Waals surface area contributed by atoms with Gasteiger partial charge in [0.25, 0.3) is 11.8 Å². The van der Waals surface area contributed by atoms with Gasteiger partial charge in [0.05, 0.1) is 15.3 Å². The fourth-order valence-corrected chi connectivity index (χ4v) is 5.31. The monoisotopic (exact) mass is 617 g/mol. The highest BCUT2D eigenvalue weighted by Gasteiger charge is 2.18. The Morgan fingerprint density at radius 3 is 2.31 bits per heavy atom. The number of aryl methyl sites for hydroxylation is 2. The van der Waals surface area contributed by atoms with E-state index in [0.29, 0.717) is 21.8 Å². The molecule has 0 spiro atoms. The molecular formula is C33H29Cl2N3O3S. The Hall–Kier alpha value is -4.04. The lowest BCUT2D eigenvalue weighted by Gasteiger charge is -2.15. The highest BCUT2D eigenvalue weighted by atomic mass is 35.5. The molecule has 3 N–H and O–H groups in total. The lowest BCUT2D eigenvalue weighted by molar-refractivity contribution is -0.115. The molecule has 0 aliphatic rings. The number of rotatable bonds is 9. The van der Waals surface area contributed by atoms with Crippen LogP contribution in [0.1, 0.15) is 34.0 Å². The van der Waals surface area contributed by atoms with E-state index < -0.39 is 17.1 Å². The summed E-state index contributed by atoms with van der Waals surface area (Å²) in [5.74, 6) is -1.14. The minimum absolute atomic E-state index is 0.0210. The van der Waals surface area contributed by atoms with Gasteiger partial charge in [0.15, 0.2) is 0 Å². The molecule has 4 rings (SSSR count). The first kappa shape index (κ1) is 30.9. The van der Waals surface area contributed by atoms with Crippen molar-refractivity contribution >= 4 is 70.1 Å². The van der Waals surface area contributed by atoms with E-state index in [1.54, 1.807) is 66.7 Å². The van der Waals surface area contributed by atoms with Gasteiger partial charge in [-0.05, 0) is 80.4 Å². The van der Waals surface area contributed by atoms with Crippen LogP contribution in [0.3, 0.4) is 0 Å². The van der Waals surface area contributed by atoms with Crippen molar-refractivity contribution in [3.8, 4) is 0 Å². The van der Waals surface area contributed by atoms with Crippen LogP contribution in [0.5, 0.6) is 0 Å². The average molecular weight is 619 g/mol. The molecule has 0 aliphatic heterocycles. The summed E-state index contributed by atoms with van der Waals surface area (Å²) in [6, 6.07) is 26.6. The number of carbonyl (C=O) groups is 3. The molecule has 0 fully saturated rings. The van der Waals surface area contributed by atoms with E-state index in [-0.39, 0.29) is 16.6 Å². The molecule has 4 aromatic carbocycles. The number of anilines is 2. The van der Waals surface area contributed by atoms with Crippen LogP contribution < -0.4 is 16.0 Å². The Morgan fingerprint density at radius 1 is 0.833 bits per heavy atom. The molecule has 0 aliphatic carbocycles. The molecule has 42 heavy (non-hydrogen) atoms. The first-order valence-electron chi connectivity index (χ1n) is 13.1. The maximum atomic E-state index is 13.4. The SMILES string of the molecule is Cc1ccc(NC(=O)C(C)Sc2cccc(NC(=O)/C(=C\c3cccc(Cl)c3Cl)NC(=O)c3ccccc3)c2)c(C)c1. The molecule has 6 nitrogen and oxygen atoms in total. The van der Waals surface area contributed by atoms with Crippen LogP contribution in [-0.2, 0) is 9.59 Å². The van der Waals surface area contributed by atoms with Gasteiger partial charge in [-0.25, -0.2) is 0 Å². The third-order valence-corrected chi connectivity index (χ3v) is 8.15. The maximum Gasteiger partial charge on any atom is 0.272 e. The Bertz CT molecular complexity index is 1660. The van der Waals surface area contributed by atoms with Crippen molar-refractivity contribution in [2.75, 3.05) is 10.6 Å². The van der Waals surface area contributed by atoms with Crippen molar-refractivity contribution in [2.45, 2.75) is 30.9 Å². The van der Waals surface area contributed by atoms with Crippen molar-refractivity contribution in [1.82, 2.24) is 5.32 Å². The first-order valence-corrected chi connectivity index (χ1v) is 14.7. The molecule has 0 saturated carbocycles. The summed E-state index contributed by atoms with van der Waals surface area (Å²) in [5.41, 5.74) is 4.22. The zero-order chi connectivity index (χ0) is 30.2. The summed E-state index contributed by atoms with van der Waals surface area (Å²) in [5, 5.41) is 8.69. The summed E-state index contributed by atoms with van der Waals surface area (Å²) in [7, 11) is 0. The number of hydrogen-bond donors (Lipinski definition) is 3. The molecule has 0 heterocycles. The summed E-state index contributed by atoms with van der Waals surface area (Å²) in [6.07, 6.45) is 1.47. The molecule has 1 atom stereocenters. The van der Waals surface area contributed by atoms with E-state index in [0.717, 1.165) is 21.7 Å². The van der Waals surface area contributed by atoms with Crippen LogP contribution >= 0.6 is 35.0 Å². The van der Waals surface area contributed by atoms with Crippen LogP contribution in [0.15, 0.2) is 102 Å². The number of halogens is 2. The molecule has 9 heteroatoms. The van der Waals surface area contributed by atoms with Crippen LogP contribution in [0.4, 0.5) is 11.4 Å². The fraction of sp³-hybridized carbons (Fsp3) is 0.121. The number of hydrogen-bond acceptors (Lipinski definition) is 4. The summed E-state index contributed by atoms with van der Waals surface area (Å²) >= 11 is 13.9. The summed E-state index contributed by atoms with van der Waals surface area (Å²) in [6.45, 7) is 5.78. The predicted octanol–water partition coefficient (Wildman–Crippen LogP) is 8.14. The number of carbonyl (C=O) groups excluding carboxylic acids is 3. The Balaban J connectivity index is 1.51. The summed E-state index contributed by atoms with van der Waals surface area (Å²) < 4.78 is 0. The highest BCUT2D eigenvalue weighted by Crippen LogP contribution is 2.29. The highest BCUT2D eigenvalue weighted by molar-refractivity contribution is 8.00. The van der Waals surface area contributed by atoms with Gasteiger partial charge < -0.3 is 16.0 Å². The minimum Gasteiger partial charge on any atom is -0.325 e. The van der Waals surface area contributed by atoms with Crippen LogP contribution in [0.2, 0.25) is 10.0 Å². The Labute approximate surface area is 259 Å². The lowest BCUT2D eigenvalue weighted by Crippen LogP contribution is -2.30.